The number of halogens is 2. The van der Waals surface area contributed by atoms with Gasteiger partial charge in [0.1, 0.15) is 0 Å². The van der Waals surface area contributed by atoms with E-state index in [0.29, 0.717) is 29.6 Å². The number of aromatic nitrogens is 2. The highest BCUT2D eigenvalue weighted by Gasteiger charge is 2.29. The van der Waals surface area contributed by atoms with Crippen molar-refractivity contribution in [2.24, 2.45) is 0 Å². The maximum atomic E-state index is 14.0. The Morgan fingerprint density at radius 2 is 1.74 bits per heavy atom. The number of nitrogens with zero attached hydrogens (tertiary/aromatic N) is 4. The van der Waals surface area contributed by atoms with Crippen LogP contribution in [0.5, 0.6) is 5.75 Å². The Bertz CT molecular complexity index is 1180. The van der Waals surface area contributed by atoms with Gasteiger partial charge in [0, 0.05) is 31.7 Å². The first-order chi connectivity index (χ1) is 14.9. The summed E-state index contributed by atoms with van der Waals surface area (Å²) in [5.74, 6) is -0.0537. The fraction of sp³-hybridized carbons (Fsp3) is 0.238. The number of hydrogen-bond acceptors (Lipinski definition) is 6. The van der Waals surface area contributed by atoms with E-state index in [0.717, 1.165) is 11.6 Å². The van der Waals surface area contributed by atoms with Crippen molar-refractivity contribution in [3.63, 3.8) is 0 Å². The molecule has 2 heterocycles. The normalized spacial score (nSPS) is 15.1. The Morgan fingerprint density at radius 1 is 1.00 bits per heavy atom. The molecule has 0 N–H and O–H groups in total. The first kappa shape index (κ1) is 21.5. The largest absolute Gasteiger partial charge is 0.494 e. The zero-order valence-corrected chi connectivity index (χ0v) is 18.3. The van der Waals surface area contributed by atoms with Crippen LogP contribution in [0.3, 0.4) is 0 Å². The molecular weight excluding hydrogens is 443 g/mol. The van der Waals surface area contributed by atoms with Gasteiger partial charge in [-0.3, -0.25) is 0 Å². The third-order valence-corrected chi connectivity index (χ3v) is 7.35. The van der Waals surface area contributed by atoms with Gasteiger partial charge in [-0.15, -0.1) is 10.2 Å². The predicted octanol–water partition coefficient (Wildman–Crippen LogP) is 3.46. The number of rotatable bonds is 5. The Balaban J connectivity index is 1.45. The van der Waals surface area contributed by atoms with Crippen LogP contribution in [0.15, 0.2) is 59.5 Å². The van der Waals surface area contributed by atoms with Crippen molar-refractivity contribution in [1.29, 1.82) is 0 Å². The van der Waals surface area contributed by atoms with Crippen LogP contribution in [0.25, 0.3) is 11.3 Å². The Morgan fingerprint density at radius 3 is 2.35 bits per heavy atom. The fourth-order valence-corrected chi connectivity index (χ4v) is 5.09. The standard InChI is InChI=1S/C21H20ClFN4O3S/c1-30-20-8-6-15(14-18(20)23)31(28,29)27-12-10-26(11-13-27)21-9-7-19(24-25-21)16-4-2-3-5-17(16)22/h2-9,14H,10-13H2,1H3. The Kier molecular flexibility index (Phi) is 6.08. The van der Waals surface area contributed by atoms with E-state index in [1.54, 1.807) is 6.07 Å². The Hall–Kier alpha value is -2.75. The molecule has 1 saturated heterocycles. The SMILES string of the molecule is COc1ccc(S(=O)(=O)N2CCN(c3ccc(-c4ccccc4Cl)nn3)CC2)cc1F. The number of ether oxygens (including phenoxy) is 1. The maximum Gasteiger partial charge on any atom is 0.243 e. The van der Waals surface area contributed by atoms with Crippen LogP contribution in [0.4, 0.5) is 10.2 Å². The van der Waals surface area contributed by atoms with Crippen molar-refractivity contribution in [3.05, 3.63) is 65.4 Å². The first-order valence-electron chi connectivity index (χ1n) is 9.57. The number of sulfonamides is 1. The van der Waals surface area contributed by atoms with E-state index in [4.69, 9.17) is 16.3 Å². The molecule has 0 bridgehead atoms. The lowest BCUT2D eigenvalue weighted by Crippen LogP contribution is -2.49. The lowest BCUT2D eigenvalue weighted by Gasteiger charge is -2.34. The number of methoxy groups -OCH3 is 1. The van der Waals surface area contributed by atoms with Crippen molar-refractivity contribution < 1.29 is 17.5 Å². The summed E-state index contributed by atoms with van der Waals surface area (Å²) in [5, 5.41) is 9.14. The van der Waals surface area contributed by atoms with Gasteiger partial charge in [0.15, 0.2) is 17.4 Å². The highest BCUT2D eigenvalue weighted by molar-refractivity contribution is 7.89. The summed E-state index contributed by atoms with van der Waals surface area (Å²) < 4.78 is 45.9. The Labute approximate surface area is 185 Å². The van der Waals surface area contributed by atoms with Gasteiger partial charge in [-0.2, -0.15) is 4.31 Å². The summed E-state index contributed by atoms with van der Waals surface area (Å²) in [6.07, 6.45) is 0. The molecule has 0 spiro atoms. The predicted molar refractivity (Wildman–Crippen MR) is 116 cm³/mol. The fourth-order valence-electron chi connectivity index (χ4n) is 3.42. The molecule has 162 valence electrons. The van der Waals surface area contributed by atoms with Crippen molar-refractivity contribution >= 4 is 27.4 Å². The van der Waals surface area contributed by atoms with Crippen molar-refractivity contribution in [1.82, 2.24) is 14.5 Å². The molecule has 1 fully saturated rings. The molecule has 0 saturated carbocycles. The molecule has 1 aromatic heterocycles. The van der Waals surface area contributed by atoms with Gasteiger partial charge in [-0.05, 0) is 36.4 Å². The van der Waals surface area contributed by atoms with E-state index in [9.17, 15) is 12.8 Å². The average Bonchev–Trinajstić information content (AvgIpc) is 2.79. The molecule has 7 nitrogen and oxygen atoms in total. The van der Waals surface area contributed by atoms with E-state index in [-0.39, 0.29) is 23.7 Å². The van der Waals surface area contributed by atoms with Gasteiger partial charge in [0.05, 0.1) is 22.7 Å². The second-order valence-electron chi connectivity index (χ2n) is 6.94. The van der Waals surface area contributed by atoms with Gasteiger partial charge in [-0.1, -0.05) is 29.8 Å². The molecule has 3 aromatic rings. The van der Waals surface area contributed by atoms with Crippen LogP contribution in [-0.2, 0) is 10.0 Å². The number of anilines is 1. The summed E-state index contributed by atoms with van der Waals surface area (Å²) in [7, 11) is -2.47. The lowest BCUT2D eigenvalue weighted by molar-refractivity contribution is 0.379. The highest BCUT2D eigenvalue weighted by atomic mass is 35.5. The summed E-state index contributed by atoms with van der Waals surface area (Å²) in [6, 6.07) is 14.7. The van der Waals surface area contributed by atoms with E-state index in [1.165, 1.54) is 23.5 Å². The molecule has 4 rings (SSSR count). The minimum atomic E-state index is -3.80. The molecule has 0 aliphatic carbocycles. The third-order valence-electron chi connectivity index (χ3n) is 5.12. The zero-order chi connectivity index (χ0) is 22.0. The van der Waals surface area contributed by atoms with Crippen LogP contribution in [0.1, 0.15) is 0 Å². The molecule has 1 aliphatic rings. The van der Waals surface area contributed by atoms with E-state index < -0.39 is 15.8 Å². The monoisotopic (exact) mass is 462 g/mol. The van der Waals surface area contributed by atoms with Crippen LogP contribution >= 0.6 is 11.6 Å². The minimum Gasteiger partial charge on any atom is -0.494 e. The smallest absolute Gasteiger partial charge is 0.243 e. The molecule has 0 amide bonds. The van der Waals surface area contributed by atoms with Crippen LogP contribution in [0.2, 0.25) is 5.02 Å². The first-order valence-corrected chi connectivity index (χ1v) is 11.4. The second-order valence-corrected chi connectivity index (χ2v) is 9.29. The molecule has 31 heavy (non-hydrogen) atoms. The number of piperazine rings is 1. The van der Waals surface area contributed by atoms with Gasteiger partial charge in [0.2, 0.25) is 10.0 Å². The molecule has 10 heteroatoms. The van der Waals surface area contributed by atoms with Crippen LogP contribution < -0.4 is 9.64 Å². The summed E-state index contributed by atoms with van der Waals surface area (Å²) >= 11 is 6.21. The third kappa shape index (κ3) is 4.34. The molecular formula is C21H20ClFN4O3S. The van der Waals surface area contributed by atoms with Crippen LogP contribution in [0, 0.1) is 5.82 Å². The van der Waals surface area contributed by atoms with E-state index in [2.05, 4.69) is 10.2 Å². The number of benzene rings is 2. The van der Waals surface area contributed by atoms with Crippen molar-refractivity contribution in [3.8, 4) is 17.0 Å². The summed E-state index contributed by atoms with van der Waals surface area (Å²) in [4.78, 5) is 1.87. The van der Waals surface area contributed by atoms with Crippen molar-refractivity contribution in [2.75, 3.05) is 38.2 Å². The molecule has 0 radical (unpaired) electrons. The minimum absolute atomic E-state index is 0.00239. The molecule has 2 aromatic carbocycles. The van der Waals surface area contributed by atoms with Gasteiger partial charge < -0.3 is 9.64 Å². The van der Waals surface area contributed by atoms with E-state index >= 15 is 0 Å². The highest BCUT2D eigenvalue weighted by Crippen LogP contribution is 2.27. The maximum absolute atomic E-state index is 14.0. The average molecular weight is 463 g/mol. The molecule has 0 atom stereocenters. The summed E-state index contributed by atoms with van der Waals surface area (Å²) in [5.41, 5.74) is 1.46. The van der Waals surface area contributed by atoms with Gasteiger partial charge in [0.25, 0.3) is 0 Å². The van der Waals surface area contributed by atoms with Crippen molar-refractivity contribution in [2.45, 2.75) is 4.90 Å². The summed E-state index contributed by atoms with van der Waals surface area (Å²) in [6.45, 7) is 1.39. The topological polar surface area (TPSA) is 75.6 Å². The lowest BCUT2D eigenvalue weighted by atomic mass is 10.1. The van der Waals surface area contributed by atoms with Crippen LogP contribution in [-0.4, -0.2) is 56.2 Å². The number of hydrogen-bond donors (Lipinski definition) is 0. The zero-order valence-electron chi connectivity index (χ0n) is 16.7. The molecule has 1 aliphatic heterocycles. The second kappa shape index (κ2) is 8.78. The van der Waals surface area contributed by atoms with E-state index in [1.807, 2.05) is 35.2 Å². The van der Waals surface area contributed by atoms with Gasteiger partial charge in [-0.25, -0.2) is 12.8 Å². The molecule has 0 unspecified atom stereocenters. The quantitative estimate of drug-likeness (QED) is 0.578. The van der Waals surface area contributed by atoms with Gasteiger partial charge >= 0.3 is 0 Å².